The fourth-order valence-corrected chi connectivity index (χ4v) is 2.43. The fourth-order valence-electron chi connectivity index (χ4n) is 2.43. The zero-order valence-corrected chi connectivity index (χ0v) is 11.3. The quantitative estimate of drug-likeness (QED) is 0.846. The van der Waals surface area contributed by atoms with Gasteiger partial charge in [0.15, 0.2) is 0 Å². The Morgan fingerprint density at radius 3 is 2.68 bits per heavy atom. The van der Waals surface area contributed by atoms with Crippen LogP contribution < -0.4 is 4.74 Å². The Labute approximate surface area is 113 Å². The zero-order valence-electron chi connectivity index (χ0n) is 11.3. The molecule has 0 radical (unpaired) electrons. The van der Waals surface area contributed by atoms with E-state index in [1.54, 1.807) is 6.92 Å². The average molecular weight is 264 g/mol. The normalized spacial score (nSPS) is 16.9. The van der Waals surface area contributed by atoms with E-state index in [2.05, 4.69) is 9.97 Å². The predicted octanol–water partition coefficient (Wildman–Crippen LogP) is 2.83. The summed E-state index contributed by atoms with van der Waals surface area (Å²) >= 11 is 0. The van der Waals surface area contributed by atoms with Crippen LogP contribution in [0.1, 0.15) is 54.7 Å². The molecule has 19 heavy (non-hydrogen) atoms. The van der Waals surface area contributed by atoms with E-state index in [1.165, 1.54) is 31.9 Å². The summed E-state index contributed by atoms with van der Waals surface area (Å²) in [4.78, 5) is 19.1. The molecule has 5 heteroatoms. The van der Waals surface area contributed by atoms with Crippen LogP contribution in [0.4, 0.5) is 0 Å². The van der Waals surface area contributed by atoms with Crippen molar-refractivity contribution in [1.29, 1.82) is 0 Å². The van der Waals surface area contributed by atoms with Crippen LogP contribution in [0, 0.1) is 12.8 Å². The van der Waals surface area contributed by atoms with Gasteiger partial charge in [0.1, 0.15) is 11.4 Å². The SMILES string of the molecule is Cc1ncc(C(=O)O)c(OCC2CCCCCC2)n1. The lowest BCUT2D eigenvalue weighted by Crippen LogP contribution is -2.14. The predicted molar refractivity (Wildman–Crippen MR) is 70.4 cm³/mol. The van der Waals surface area contributed by atoms with Crippen LogP contribution in [0.3, 0.4) is 0 Å². The molecule has 0 aliphatic heterocycles. The van der Waals surface area contributed by atoms with Gasteiger partial charge in [0.05, 0.1) is 6.61 Å². The Hall–Kier alpha value is -1.65. The van der Waals surface area contributed by atoms with E-state index in [9.17, 15) is 4.79 Å². The monoisotopic (exact) mass is 264 g/mol. The molecule has 1 saturated carbocycles. The summed E-state index contributed by atoms with van der Waals surface area (Å²) in [6, 6.07) is 0. The molecule has 0 atom stereocenters. The fraction of sp³-hybridized carbons (Fsp3) is 0.643. The van der Waals surface area contributed by atoms with Crippen molar-refractivity contribution in [1.82, 2.24) is 9.97 Å². The van der Waals surface area contributed by atoms with Crippen LogP contribution in [0.5, 0.6) is 5.88 Å². The summed E-state index contributed by atoms with van der Waals surface area (Å²) in [5.41, 5.74) is 0.0409. The second-order valence-electron chi connectivity index (χ2n) is 5.11. The highest BCUT2D eigenvalue weighted by Gasteiger charge is 2.17. The van der Waals surface area contributed by atoms with E-state index >= 15 is 0 Å². The highest BCUT2D eigenvalue weighted by molar-refractivity contribution is 5.89. The molecule has 0 aromatic carbocycles. The number of aryl methyl sites for hydroxylation is 1. The van der Waals surface area contributed by atoms with Gasteiger partial charge in [0.2, 0.25) is 5.88 Å². The Morgan fingerprint density at radius 1 is 1.37 bits per heavy atom. The first-order valence-electron chi connectivity index (χ1n) is 6.86. The van der Waals surface area contributed by atoms with Crippen molar-refractivity contribution in [2.75, 3.05) is 6.61 Å². The van der Waals surface area contributed by atoms with Crippen LogP contribution in [-0.2, 0) is 0 Å². The molecular weight excluding hydrogens is 244 g/mol. The van der Waals surface area contributed by atoms with Gasteiger partial charge >= 0.3 is 5.97 Å². The zero-order chi connectivity index (χ0) is 13.7. The summed E-state index contributed by atoms with van der Waals surface area (Å²) < 4.78 is 5.64. The maximum absolute atomic E-state index is 11.1. The van der Waals surface area contributed by atoms with Crippen LogP contribution in [0.15, 0.2) is 6.20 Å². The molecular formula is C14H20N2O3. The van der Waals surface area contributed by atoms with E-state index in [0.717, 1.165) is 12.8 Å². The number of carboxylic acids is 1. The summed E-state index contributed by atoms with van der Waals surface area (Å²) in [6.07, 6.45) is 8.70. The van der Waals surface area contributed by atoms with Crippen molar-refractivity contribution in [3.8, 4) is 5.88 Å². The van der Waals surface area contributed by atoms with E-state index in [-0.39, 0.29) is 11.4 Å². The first-order chi connectivity index (χ1) is 9.16. The summed E-state index contributed by atoms with van der Waals surface area (Å²) in [7, 11) is 0. The minimum absolute atomic E-state index is 0.0409. The maximum atomic E-state index is 11.1. The molecule has 0 amide bonds. The average Bonchev–Trinajstić information content (AvgIpc) is 2.64. The first kappa shape index (κ1) is 13.8. The first-order valence-corrected chi connectivity index (χ1v) is 6.86. The third-order valence-electron chi connectivity index (χ3n) is 3.54. The number of aromatic nitrogens is 2. The van der Waals surface area contributed by atoms with Gasteiger partial charge in [-0.1, -0.05) is 25.7 Å². The maximum Gasteiger partial charge on any atom is 0.342 e. The standard InChI is InChI=1S/C14H20N2O3/c1-10-15-8-12(14(17)18)13(16-10)19-9-11-6-4-2-3-5-7-11/h8,11H,2-7,9H2,1H3,(H,17,18). The highest BCUT2D eigenvalue weighted by atomic mass is 16.5. The molecule has 1 aromatic rings. The van der Waals surface area contributed by atoms with Gasteiger partial charge in [0.25, 0.3) is 0 Å². The Bertz CT molecular complexity index is 440. The number of ether oxygens (including phenoxy) is 1. The molecule has 0 saturated heterocycles. The molecule has 2 rings (SSSR count). The van der Waals surface area contributed by atoms with Gasteiger partial charge in [-0.05, 0) is 25.7 Å². The molecule has 1 fully saturated rings. The van der Waals surface area contributed by atoms with Gasteiger partial charge in [-0.3, -0.25) is 0 Å². The van der Waals surface area contributed by atoms with Gasteiger partial charge < -0.3 is 9.84 Å². The minimum atomic E-state index is -1.05. The minimum Gasteiger partial charge on any atom is -0.477 e. The molecule has 1 heterocycles. The van der Waals surface area contributed by atoms with Gasteiger partial charge in [0, 0.05) is 6.20 Å². The second-order valence-corrected chi connectivity index (χ2v) is 5.11. The largest absolute Gasteiger partial charge is 0.477 e. The van der Waals surface area contributed by atoms with Crippen LogP contribution in [0.2, 0.25) is 0 Å². The third-order valence-corrected chi connectivity index (χ3v) is 3.54. The summed E-state index contributed by atoms with van der Waals surface area (Å²) in [5, 5.41) is 9.08. The molecule has 0 bridgehead atoms. The van der Waals surface area contributed by atoms with Crippen LogP contribution in [-0.4, -0.2) is 27.7 Å². The van der Waals surface area contributed by atoms with Crippen molar-refractivity contribution < 1.29 is 14.6 Å². The van der Waals surface area contributed by atoms with E-state index in [4.69, 9.17) is 9.84 Å². The number of hydrogen-bond acceptors (Lipinski definition) is 4. The van der Waals surface area contributed by atoms with Crippen molar-refractivity contribution in [3.63, 3.8) is 0 Å². The van der Waals surface area contributed by atoms with Crippen molar-refractivity contribution in [2.45, 2.75) is 45.4 Å². The highest BCUT2D eigenvalue weighted by Crippen LogP contribution is 2.24. The Balaban J connectivity index is 2.01. The number of rotatable bonds is 4. The number of aromatic carboxylic acids is 1. The lowest BCUT2D eigenvalue weighted by atomic mass is 10.0. The van der Waals surface area contributed by atoms with Gasteiger partial charge in [-0.2, -0.15) is 4.98 Å². The lowest BCUT2D eigenvalue weighted by Gasteiger charge is -2.15. The molecule has 1 aromatic heterocycles. The smallest absolute Gasteiger partial charge is 0.342 e. The van der Waals surface area contributed by atoms with E-state index < -0.39 is 5.97 Å². The van der Waals surface area contributed by atoms with Crippen molar-refractivity contribution in [3.05, 3.63) is 17.6 Å². The van der Waals surface area contributed by atoms with Gasteiger partial charge in [-0.25, -0.2) is 9.78 Å². The Morgan fingerprint density at radius 2 is 2.05 bits per heavy atom. The molecule has 0 unspecified atom stereocenters. The summed E-state index contributed by atoms with van der Waals surface area (Å²) in [6.45, 7) is 2.28. The second kappa shape index (κ2) is 6.50. The van der Waals surface area contributed by atoms with E-state index in [0.29, 0.717) is 18.3 Å². The molecule has 0 spiro atoms. The molecule has 5 nitrogen and oxygen atoms in total. The van der Waals surface area contributed by atoms with Crippen LogP contribution in [0.25, 0.3) is 0 Å². The molecule has 1 aliphatic carbocycles. The van der Waals surface area contributed by atoms with Crippen LogP contribution >= 0.6 is 0 Å². The molecule has 1 N–H and O–H groups in total. The van der Waals surface area contributed by atoms with E-state index in [1.807, 2.05) is 0 Å². The lowest BCUT2D eigenvalue weighted by molar-refractivity contribution is 0.0689. The number of hydrogen-bond donors (Lipinski definition) is 1. The number of carboxylic acid groups (broad SMARTS) is 1. The third kappa shape index (κ3) is 3.91. The number of carbonyl (C=O) groups is 1. The van der Waals surface area contributed by atoms with Crippen molar-refractivity contribution in [2.24, 2.45) is 5.92 Å². The Kier molecular flexibility index (Phi) is 4.71. The van der Waals surface area contributed by atoms with Crippen molar-refractivity contribution >= 4 is 5.97 Å². The van der Waals surface area contributed by atoms with Gasteiger partial charge in [-0.15, -0.1) is 0 Å². The number of nitrogens with zero attached hydrogens (tertiary/aromatic N) is 2. The summed E-state index contributed by atoms with van der Waals surface area (Å²) in [5.74, 6) is 0.195. The molecule has 1 aliphatic rings. The topological polar surface area (TPSA) is 72.3 Å². The molecule has 104 valence electrons.